The average molecular weight is 270 g/mol. The molecule has 0 spiro atoms. The van der Waals surface area contributed by atoms with Crippen molar-refractivity contribution in [3.63, 3.8) is 0 Å². The molecule has 0 aliphatic carbocycles. The van der Waals surface area contributed by atoms with Gasteiger partial charge < -0.3 is 10.2 Å². The van der Waals surface area contributed by atoms with Crippen molar-refractivity contribution >= 4 is 5.97 Å². The molecule has 20 heavy (non-hydrogen) atoms. The topological polar surface area (TPSA) is 57.5 Å². The first-order valence-corrected chi connectivity index (χ1v) is 6.47. The van der Waals surface area contributed by atoms with Gasteiger partial charge in [0.05, 0.1) is 0 Å². The summed E-state index contributed by atoms with van der Waals surface area (Å²) in [4.78, 5) is 11.3. The van der Waals surface area contributed by atoms with Crippen molar-refractivity contribution in [1.82, 2.24) is 0 Å². The number of benzene rings is 2. The summed E-state index contributed by atoms with van der Waals surface area (Å²) in [5.41, 5.74) is 2.37. The smallest absolute Gasteiger partial charge is 0.340 e. The largest absolute Gasteiger partial charge is 0.507 e. The maximum Gasteiger partial charge on any atom is 0.340 e. The number of carboxylic acids is 1. The van der Waals surface area contributed by atoms with Crippen LogP contribution >= 0.6 is 0 Å². The predicted octanol–water partition coefficient (Wildman–Crippen LogP) is 4.05. The molecule has 0 radical (unpaired) electrons. The van der Waals surface area contributed by atoms with Crippen molar-refractivity contribution < 1.29 is 15.0 Å². The second-order valence-electron chi connectivity index (χ2n) is 5.84. The van der Waals surface area contributed by atoms with Crippen LogP contribution in [0, 0.1) is 0 Å². The lowest BCUT2D eigenvalue weighted by Gasteiger charge is -2.20. The van der Waals surface area contributed by atoms with Crippen LogP contribution in [0.1, 0.15) is 36.7 Å². The van der Waals surface area contributed by atoms with Gasteiger partial charge in [0, 0.05) is 0 Å². The van der Waals surface area contributed by atoms with E-state index in [1.165, 1.54) is 6.07 Å². The summed E-state index contributed by atoms with van der Waals surface area (Å²) in [6.45, 7) is 6.31. The molecule has 0 aliphatic rings. The number of aromatic hydroxyl groups is 1. The highest BCUT2D eigenvalue weighted by Gasteiger charge is 2.18. The van der Waals surface area contributed by atoms with E-state index in [4.69, 9.17) is 0 Å². The highest BCUT2D eigenvalue weighted by atomic mass is 16.4. The molecule has 0 saturated carbocycles. The van der Waals surface area contributed by atoms with Gasteiger partial charge in [-0.1, -0.05) is 57.2 Å². The Morgan fingerprint density at radius 2 is 1.70 bits per heavy atom. The molecule has 2 rings (SSSR count). The monoisotopic (exact) mass is 270 g/mol. The van der Waals surface area contributed by atoms with Gasteiger partial charge in [0.25, 0.3) is 0 Å². The summed E-state index contributed by atoms with van der Waals surface area (Å²) >= 11 is 0. The van der Waals surface area contributed by atoms with Gasteiger partial charge in [0.1, 0.15) is 11.3 Å². The third kappa shape index (κ3) is 2.67. The Balaban J connectivity index is 2.64. The van der Waals surface area contributed by atoms with Gasteiger partial charge >= 0.3 is 5.97 Å². The molecule has 0 saturated heterocycles. The summed E-state index contributed by atoms with van der Waals surface area (Å²) in [5, 5.41) is 19.0. The zero-order valence-electron chi connectivity index (χ0n) is 11.8. The van der Waals surface area contributed by atoms with E-state index in [1.54, 1.807) is 12.1 Å². The molecule has 3 nitrogen and oxygen atoms in total. The van der Waals surface area contributed by atoms with Crippen molar-refractivity contribution in [3.8, 4) is 16.9 Å². The zero-order chi connectivity index (χ0) is 14.9. The molecule has 3 heteroatoms. The van der Waals surface area contributed by atoms with Crippen molar-refractivity contribution in [3.05, 3.63) is 53.6 Å². The highest BCUT2D eigenvalue weighted by Crippen LogP contribution is 2.32. The van der Waals surface area contributed by atoms with Crippen molar-refractivity contribution in [2.24, 2.45) is 0 Å². The molecule has 0 aliphatic heterocycles. The Hall–Kier alpha value is -2.29. The summed E-state index contributed by atoms with van der Waals surface area (Å²) in [6, 6.07) is 12.5. The SMILES string of the molecule is CC(C)(C)c1cccc(-c2cccc(O)c2C(=O)O)c1. The van der Waals surface area contributed by atoms with E-state index in [1.807, 2.05) is 24.3 Å². The second-order valence-corrected chi connectivity index (χ2v) is 5.84. The van der Waals surface area contributed by atoms with E-state index >= 15 is 0 Å². The molecule has 0 atom stereocenters. The normalized spacial score (nSPS) is 11.3. The maximum absolute atomic E-state index is 11.3. The Labute approximate surface area is 118 Å². The molecule has 0 bridgehead atoms. The fraction of sp³-hybridized carbons (Fsp3) is 0.235. The number of aromatic carboxylic acids is 1. The lowest BCUT2D eigenvalue weighted by molar-refractivity contribution is 0.0694. The van der Waals surface area contributed by atoms with Crippen molar-refractivity contribution in [2.75, 3.05) is 0 Å². The lowest BCUT2D eigenvalue weighted by Crippen LogP contribution is -2.11. The zero-order valence-corrected chi connectivity index (χ0v) is 11.8. The number of hydrogen-bond acceptors (Lipinski definition) is 2. The quantitative estimate of drug-likeness (QED) is 0.865. The molecule has 2 aromatic rings. The van der Waals surface area contributed by atoms with E-state index in [2.05, 4.69) is 20.8 Å². The number of rotatable bonds is 2. The van der Waals surface area contributed by atoms with Gasteiger partial charge in [-0.3, -0.25) is 0 Å². The standard InChI is InChI=1S/C17H18O3/c1-17(2,3)12-7-4-6-11(10-12)13-8-5-9-14(18)15(13)16(19)20/h4-10,18H,1-3H3,(H,19,20). The van der Waals surface area contributed by atoms with Crippen LogP contribution in [-0.4, -0.2) is 16.2 Å². The van der Waals surface area contributed by atoms with Crippen molar-refractivity contribution in [1.29, 1.82) is 0 Å². The summed E-state index contributed by atoms with van der Waals surface area (Å²) in [7, 11) is 0. The van der Waals surface area contributed by atoms with Crippen molar-refractivity contribution in [2.45, 2.75) is 26.2 Å². The van der Waals surface area contributed by atoms with E-state index in [-0.39, 0.29) is 16.7 Å². The summed E-state index contributed by atoms with van der Waals surface area (Å²) < 4.78 is 0. The predicted molar refractivity (Wildman–Crippen MR) is 79.2 cm³/mol. The van der Waals surface area contributed by atoms with Crippen LogP contribution in [0.4, 0.5) is 0 Å². The van der Waals surface area contributed by atoms with E-state index in [0.717, 1.165) is 11.1 Å². The van der Waals surface area contributed by atoms with Crippen LogP contribution < -0.4 is 0 Å². The van der Waals surface area contributed by atoms with Crippen LogP contribution in [0.2, 0.25) is 0 Å². The molecule has 0 aromatic heterocycles. The molecule has 0 amide bonds. The van der Waals surface area contributed by atoms with Crippen LogP contribution in [0.25, 0.3) is 11.1 Å². The minimum Gasteiger partial charge on any atom is -0.507 e. The Morgan fingerprint density at radius 1 is 1.05 bits per heavy atom. The second kappa shape index (κ2) is 5.00. The minimum atomic E-state index is -1.13. The fourth-order valence-electron chi connectivity index (χ4n) is 2.16. The molecule has 0 fully saturated rings. The molecule has 2 N–H and O–H groups in total. The van der Waals surface area contributed by atoms with Gasteiger partial charge in [0.15, 0.2) is 0 Å². The highest BCUT2D eigenvalue weighted by molar-refractivity contribution is 5.98. The van der Waals surface area contributed by atoms with Gasteiger partial charge in [-0.25, -0.2) is 4.79 Å². The van der Waals surface area contributed by atoms with Gasteiger partial charge in [-0.05, 0) is 28.2 Å². The Morgan fingerprint density at radius 3 is 2.30 bits per heavy atom. The van der Waals surface area contributed by atoms with Gasteiger partial charge in [-0.15, -0.1) is 0 Å². The molecule has 104 valence electrons. The Bertz CT molecular complexity index is 652. The first-order chi connectivity index (χ1) is 9.30. The minimum absolute atomic E-state index is 0.0176. The maximum atomic E-state index is 11.3. The third-order valence-corrected chi connectivity index (χ3v) is 3.30. The summed E-state index contributed by atoms with van der Waals surface area (Å²) in [5.74, 6) is -1.34. The summed E-state index contributed by atoms with van der Waals surface area (Å²) in [6.07, 6.45) is 0. The molecule has 2 aromatic carbocycles. The average Bonchev–Trinajstić information content (AvgIpc) is 2.37. The Kier molecular flexibility index (Phi) is 3.53. The molecular formula is C17H18O3. The van der Waals surface area contributed by atoms with E-state index in [9.17, 15) is 15.0 Å². The van der Waals surface area contributed by atoms with Gasteiger partial charge in [-0.2, -0.15) is 0 Å². The number of carboxylic acid groups (broad SMARTS) is 1. The van der Waals surface area contributed by atoms with E-state index in [0.29, 0.717) is 5.56 Å². The van der Waals surface area contributed by atoms with Crippen LogP contribution in [-0.2, 0) is 5.41 Å². The first kappa shape index (κ1) is 14.1. The number of carbonyl (C=O) groups is 1. The van der Waals surface area contributed by atoms with Crippen LogP contribution in [0.5, 0.6) is 5.75 Å². The van der Waals surface area contributed by atoms with Crippen LogP contribution in [0.15, 0.2) is 42.5 Å². The molecule has 0 heterocycles. The molecular weight excluding hydrogens is 252 g/mol. The van der Waals surface area contributed by atoms with Gasteiger partial charge in [0.2, 0.25) is 0 Å². The van der Waals surface area contributed by atoms with Crippen LogP contribution in [0.3, 0.4) is 0 Å². The van der Waals surface area contributed by atoms with E-state index < -0.39 is 5.97 Å². The third-order valence-electron chi connectivity index (χ3n) is 3.30. The first-order valence-electron chi connectivity index (χ1n) is 6.47. The number of phenols is 1. The number of hydrogen-bond donors (Lipinski definition) is 2. The lowest BCUT2D eigenvalue weighted by atomic mass is 9.85. The fourth-order valence-corrected chi connectivity index (χ4v) is 2.16. The molecule has 0 unspecified atom stereocenters.